The summed E-state index contributed by atoms with van der Waals surface area (Å²) >= 11 is 0. The van der Waals surface area contributed by atoms with Gasteiger partial charge in [-0.25, -0.2) is 0 Å². The quantitative estimate of drug-likeness (QED) is 0.792. The van der Waals surface area contributed by atoms with Crippen molar-refractivity contribution in [3.8, 4) is 0 Å². The third kappa shape index (κ3) is 1.97. The second-order valence-electron chi connectivity index (χ2n) is 4.87. The molecule has 0 bridgehead atoms. The van der Waals surface area contributed by atoms with Crippen LogP contribution in [0.2, 0.25) is 0 Å². The number of nitrogens with one attached hydrogen (secondary N) is 1. The van der Waals surface area contributed by atoms with E-state index in [1.165, 1.54) is 25.9 Å². The van der Waals surface area contributed by atoms with Crippen molar-refractivity contribution in [2.75, 3.05) is 19.6 Å². The van der Waals surface area contributed by atoms with E-state index in [1.54, 1.807) is 0 Å². The fraction of sp³-hybridized carbons (Fsp3) is 0.818. The Balaban J connectivity index is 1.61. The molecule has 2 aliphatic heterocycles. The molecular weight excluding hydrogens is 204 g/mol. The molecule has 3 heterocycles. The number of aryl methyl sites for hydroxylation is 1. The van der Waals surface area contributed by atoms with Crippen molar-refractivity contribution in [2.45, 2.75) is 32.4 Å². The first kappa shape index (κ1) is 10.2. The van der Waals surface area contributed by atoms with E-state index in [-0.39, 0.29) is 0 Å². The minimum atomic E-state index is 0.657. The molecule has 16 heavy (non-hydrogen) atoms. The van der Waals surface area contributed by atoms with Gasteiger partial charge < -0.3 is 9.73 Å². The van der Waals surface area contributed by atoms with Gasteiger partial charge in [0.1, 0.15) is 0 Å². The summed E-state index contributed by atoms with van der Waals surface area (Å²) in [7, 11) is 0. The first-order valence-corrected chi connectivity index (χ1v) is 6.06. The number of nitrogens with zero attached hydrogens (tertiary/aromatic N) is 3. The summed E-state index contributed by atoms with van der Waals surface area (Å²) in [6.45, 7) is 6.09. The zero-order valence-electron chi connectivity index (χ0n) is 9.65. The van der Waals surface area contributed by atoms with Crippen molar-refractivity contribution in [1.82, 2.24) is 20.4 Å². The molecule has 2 aliphatic rings. The fourth-order valence-electron chi connectivity index (χ4n) is 2.86. The minimum Gasteiger partial charge on any atom is -0.424 e. The van der Waals surface area contributed by atoms with Crippen molar-refractivity contribution in [2.24, 2.45) is 5.92 Å². The minimum absolute atomic E-state index is 0.657. The van der Waals surface area contributed by atoms with Crippen molar-refractivity contribution in [3.05, 3.63) is 11.8 Å². The highest BCUT2D eigenvalue weighted by Crippen LogP contribution is 2.25. The molecule has 0 amide bonds. The predicted octanol–water partition coefficient (Wildman–Crippen LogP) is 0.562. The average Bonchev–Trinajstić information content (AvgIpc) is 2.84. The molecule has 0 saturated carbocycles. The highest BCUT2D eigenvalue weighted by Gasteiger charge is 2.34. The van der Waals surface area contributed by atoms with E-state index in [2.05, 4.69) is 20.4 Å². The number of piperidine rings is 1. The van der Waals surface area contributed by atoms with Crippen molar-refractivity contribution in [1.29, 1.82) is 0 Å². The first-order valence-electron chi connectivity index (χ1n) is 6.06. The monoisotopic (exact) mass is 222 g/mol. The molecule has 1 aromatic heterocycles. The largest absolute Gasteiger partial charge is 0.424 e. The molecule has 2 saturated heterocycles. The molecule has 0 radical (unpaired) electrons. The predicted molar refractivity (Wildman–Crippen MR) is 58.8 cm³/mol. The van der Waals surface area contributed by atoms with Crippen LogP contribution in [0, 0.1) is 12.8 Å². The van der Waals surface area contributed by atoms with Crippen molar-refractivity contribution < 1.29 is 4.42 Å². The molecule has 0 spiro atoms. The zero-order chi connectivity index (χ0) is 11.0. The van der Waals surface area contributed by atoms with Gasteiger partial charge in [0.05, 0.1) is 6.54 Å². The Bertz CT molecular complexity index is 351. The summed E-state index contributed by atoms with van der Waals surface area (Å²) < 4.78 is 5.41. The van der Waals surface area contributed by atoms with E-state index in [1.807, 2.05) is 6.92 Å². The lowest BCUT2D eigenvalue weighted by molar-refractivity contribution is 0.276. The van der Waals surface area contributed by atoms with E-state index >= 15 is 0 Å². The van der Waals surface area contributed by atoms with Gasteiger partial charge in [0, 0.05) is 26.1 Å². The fourth-order valence-corrected chi connectivity index (χ4v) is 2.86. The summed E-state index contributed by atoms with van der Waals surface area (Å²) in [6.07, 6.45) is 2.67. The summed E-state index contributed by atoms with van der Waals surface area (Å²) in [5.41, 5.74) is 0. The molecule has 2 unspecified atom stereocenters. The van der Waals surface area contributed by atoms with Gasteiger partial charge in [-0.05, 0) is 25.3 Å². The van der Waals surface area contributed by atoms with Gasteiger partial charge >= 0.3 is 0 Å². The van der Waals surface area contributed by atoms with Crippen LogP contribution in [0.25, 0.3) is 0 Å². The Hall–Kier alpha value is -0.940. The van der Waals surface area contributed by atoms with Gasteiger partial charge in [0.15, 0.2) is 0 Å². The number of hydrogen-bond donors (Lipinski definition) is 1. The van der Waals surface area contributed by atoms with E-state index in [9.17, 15) is 0 Å². The molecule has 1 N–H and O–H groups in total. The Morgan fingerprint density at radius 1 is 1.44 bits per heavy atom. The normalized spacial score (nSPS) is 30.6. The topological polar surface area (TPSA) is 54.2 Å². The standard InChI is InChI=1S/C11H18N4O/c1-8-13-14-11(16-8)7-15-5-9-3-2-4-12-10(9)6-15/h9-10,12H,2-7H2,1H3. The molecule has 2 fully saturated rings. The third-order valence-corrected chi connectivity index (χ3v) is 3.60. The summed E-state index contributed by atoms with van der Waals surface area (Å²) in [4.78, 5) is 2.42. The SMILES string of the molecule is Cc1nnc(CN2CC3CCCNC3C2)o1. The Morgan fingerprint density at radius 3 is 3.12 bits per heavy atom. The van der Waals surface area contributed by atoms with E-state index in [4.69, 9.17) is 4.42 Å². The third-order valence-electron chi connectivity index (χ3n) is 3.60. The van der Waals surface area contributed by atoms with Gasteiger partial charge in [-0.3, -0.25) is 4.90 Å². The maximum atomic E-state index is 5.41. The van der Waals surface area contributed by atoms with E-state index in [0.717, 1.165) is 24.9 Å². The molecule has 5 nitrogen and oxygen atoms in total. The highest BCUT2D eigenvalue weighted by molar-refractivity contribution is 4.93. The van der Waals surface area contributed by atoms with Gasteiger partial charge in [0.25, 0.3) is 0 Å². The number of rotatable bonds is 2. The highest BCUT2D eigenvalue weighted by atomic mass is 16.4. The molecule has 2 atom stereocenters. The zero-order valence-corrected chi connectivity index (χ0v) is 9.65. The summed E-state index contributed by atoms with van der Waals surface area (Å²) in [5.74, 6) is 2.22. The van der Waals surface area contributed by atoms with Crippen LogP contribution >= 0.6 is 0 Å². The maximum absolute atomic E-state index is 5.41. The molecule has 5 heteroatoms. The van der Waals surface area contributed by atoms with Gasteiger partial charge in [0.2, 0.25) is 11.8 Å². The number of aromatic nitrogens is 2. The number of hydrogen-bond acceptors (Lipinski definition) is 5. The molecule has 88 valence electrons. The van der Waals surface area contributed by atoms with Crippen LogP contribution in [0.4, 0.5) is 0 Å². The van der Waals surface area contributed by atoms with E-state index < -0.39 is 0 Å². The van der Waals surface area contributed by atoms with Crippen LogP contribution in [0.15, 0.2) is 4.42 Å². The Morgan fingerprint density at radius 2 is 2.38 bits per heavy atom. The Labute approximate surface area is 95.2 Å². The smallest absolute Gasteiger partial charge is 0.230 e. The van der Waals surface area contributed by atoms with Crippen LogP contribution in [-0.4, -0.2) is 40.8 Å². The van der Waals surface area contributed by atoms with Gasteiger partial charge in [-0.2, -0.15) is 0 Å². The van der Waals surface area contributed by atoms with Gasteiger partial charge in [-0.1, -0.05) is 0 Å². The van der Waals surface area contributed by atoms with Crippen LogP contribution in [-0.2, 0) is 6.54 Å². The van der Waals surface area contributed by atoms with Crippen LogP contribution in [0.3, 0.4) is 0 Å². The summed E-state index contributed by atoms with van der Waals surface area (Å²) in [6, 6.07) is 0.678. The lowest BCUT2D eigenvalue weighted by Gasteiger charge is -2.24. The van der Waals surface area contributed by atoms with Crippen molar-refractivity contribution in [3.63, 3.8) is 0 Å². The second kappa shape index (κ2) is 4.14. The molecule has 3 rings (SSSR count). The first-order chi connectivity index (χ1) is 7.81. The van der Waals surface area contributed by atoms with Crippen LogP contribution in [0.5, 0.6) is 0 Å². The molecule has 1 aromatic rings. The molecular formula is C11H18N4O. The number of fused-ring (bicyclic) bond motifs is 1. The average molecular weight is 222 g/mol. The van der Waals surface area contributed by atoms with Crippen LogP contribution in [0.1, 0.15) is 24.6 Å². The van der Waals surface area contributed by atoms with E-state index in [0.29, 0.717) is 11.9 Å². The second-order valence-corrected chi connectivity index (χ2v) is 4.87. The van der Waals surface area contributed by atoms with Gasteiger partial charge in [-0.15, -0.1) is 10.2 Å². The lowest BCUT2D eigenvalue weighted by Crippen LogP contribution is -2.40. The summed E-state index contributed by atoms with van der Waals surface area (Å²) in [5, 5.41) is 11.5. The lowest BCUT2D eigenvalue weighted by atomic mass is 9.94. The molecule has 0 aliphatic carbocycles. The Kier molecular flexibility index (Phi) is 2.65. The molecule has 0 aromatic carbocycles. The number of likely N-dealkylation sites (tertiary alicyclic amines) is 1. The van der Waals surface area contributed by atoms with Crippen LogP contribution < -0.4 is 5.32 Å². The van der Waals surface area contributed by atoms with Crippen molar-refractivity contribution >= 4 is 0 Å². The maximum Gasteiger partial charge on any atom is 0.230 e.